The van der Waals surface area contributed by atoms with E-state index in [1.165, 1.54) is 12.1 Å². The summed E-state index contributed by atoms with van der Waals surface area (Å²) in [4.78, 5) is 6.47. The van der Waals surface area contributed by atoms with Gasteiger partial charge in [0.2, 0.25) is 0 Å². The smallest absolute Gasteiger partial charge is 0.294 e. The minimum Gasteiger partial charge on any atom is -0.342 e. The molecule has 0 aliphatic carbocycles. The maximum atomic E-state index is 11.1. The average molecular weight is 450 g/mol. The van der Waals surface area contributed by atoms with Crippen LogP contribution in [0.4, 0.5) is 0 Å². The van der Waals surface area contributed by atoms with Gasteiger partial charge in [0.15, 0.2) is 0 Å². The Morgan fingerprint density at radius 2 is 1.87 bits per heavy atom. The molecule has 0 spiro atoms. The number of hydrogen-bond acceptors (Lipinski definition) is 3. The fourth-order valence-electron chi connectivity index (χ4n) is 2.43. The summed E-state index contributed by atoms with van der Waals surface area (Å²) >= 11 is 2.16. The Labute approximate surface area is 152 Å². The van der Waals surface area contributed by atoms with E-state index in [2.05, 4.69) is 41.4 Å². The zero-order valence-electron chi connectivity index (χ0n) is 13.6. The molecule has 5 nitrogen and oxygen atoms in total. The molecule has 0 bridgehead atoms. The van der Waals surface area contributed by atoms with Crippen LogP contribution in [0.2, 0.25) is 0 Å². The Morgan fingerprint density at radius 3 is 2.30 bits per heavy atom. The highest BCUT2D eigenvalue weighted by Crippen LogP contribution is 2.28. The first-order valence-electron chi connectivity index (χ1n) is 7.43. The highest BCUT2D eigenvalue weighted by atomic mass is 127. The van der Waals surface area contributed by atoms with E-state index in [1.807, 2.05) is 22.2 Å². The van der Waals surface area contributed by atoms with Gasteiger partial charge in [-0.05, 0) is 34.6 Å². The van der Waals surface area contributed by atoms with Crippen LogP contribution in [0.5, 0.6) is 0 Å². The molecule has 128 valence electrons. The van der Waals surface area contributed by atoms with Gasteiger partial charge in [0.1, 0.15) is 0 Å². The molecule has 23 heavy (non-hydrogen) atoms. The van der Waals surface area contributed by atoms with Gasteiger partial charge in [-0.25, -0.2) is 0 Å². The van der Waals surface area contributed by atoms with Crippen molar-refractivity contribution in [3.8, 4) is 0 Å². The molecular formula is C16H23IN2O3S. The van der Waals surface area contributed by atoms with Crippen LogP contribution in [0.1, 0.15) is 38.2 Å². The molecule has 0 heterocycles. The predicted octanol–water partition coefficient (Wildman–Crippen LogP) is 4.07. The zero-order valence-corrected chi connectivity index (χ0v) is 16.5. The van der Waals surface area contributed by atoms with Crippen LogP contribution in [-0.4, -0.2) is 37.3 Å². The van der Waals surface area contributed by atoms with Crippen molar-refractivity contribution in [3.63, 3.8) is 0 Å². The van der Waals surface area contributed by atoms with Gasteiger partial charge in [-0.15, -0.1) is 0 Å². The van der Waals surface area contributed by atoms with Crippen LogP contribution in [0, 0.1) is 0 Å². The third-order valence-corrected chi connectivity index (χ3v) is 4.85. The standard InChI is InChI=1S/C16H23IN2O3S/c1-4-15(16(5-2)18-12-19(3)11-10-17)13-6-8-14(9-7-13)23(20,21)22/h6-12,15-16H,4-5H2,1-3H3,(H,20,21,22)/b11-10-,18-12?. The second-order valence-corrected chi connectivity index (χ2v) is 7.38. The molecule has 2 atom stereocenters. The zero-order chi connectivity index (χ0) is 17.5. The molecule has 1 rings (SSSR count). The molecule has 0 saturated heterocycles. The normalized spacial score (nSPS) is 15.2. The lowest BCUT2D eigenvalue weighted by Crippen LogP contribution is -2.18. The first-order valence-corrected chi connectivity index (χ1v) is 10.1. The van der Waals surface area contributed by atoms with Crippen molar-refractivity contribution in [1.29, 1.82) is 0 Å². The maximum absolute atomic E-state index is 11.1. The maximum Gasteiger partial charge on any atom is 0.294 e. The molecule has 0 saturated carbocycles. The Bertz CT molecular complexity index is 642. The van der Waals surface area contributed by atoms with Crippen molar-refractivity contribution < 1.29 is 13.0 Å². The van der Waals surface area contributed by atoms with Crippen LogP contribution in [0.3, 0.4) is 0 Å². The number of nitrogens with zero attached hydrogens (tertiary/aromatic N) is 2. The van der Waals surface area contributed by atoms with Crippen LogP contribution >= 0.6 is 22.6 Å². The molecular weight excluding hydrogens is 427 g/mol. The molecule has 0 fully saturated rings. The highest BCUT2D eigenvalue weighted by Gasteiger charge is 2.20. The fourth-order valence-corrected chi connectivity index (χ4v) is 3.42. The second kappa shape index (κ2) is 9.39. The Balaban J connectivity index is 3.00. The lowest BCUT2D eigenvalue weighted by atomic mass is 9.88. The van der Waals surface area contributed by atoms with E-state index in [1.54, 1.807) is 18.5 Å². The summed E-state index contributed by atoms with van der Waals surface area (Å²) in [6.07, 6.45) is 5.50. The van der Waals surface area contributed by atoms with E-state index in [-0.39, 0.29) is 16.9 Å². The molecule has 0 aromatic heterocycles. The molecule has 2 unspecified atom stereocenters. The van der Waals surface area contributed by atoms with Gasteiger partial charge in [-0.2, -0.15) is 8.42 Å². The van der Waals surface area contributed by atoms with Crippen LogP contribution in [-0.2, 0) is 10.1 Å². The largest absolute Gasteiger partial charge is 0.342 e. The van der Waals surface area contributed by atoms with Crippen LogP contribution in [0.15, 0.2) is 44.4 Å². The van der Waals surface area contributed by atoms with Crippen molar-refractivity contribution >= 4 is 39.0 Å². The fraction of sp³-hybridized carbons (Fsp3) is 0.438. The number of hydrogen-bond donors (Lipinski definition) is 1. The van der Waals surface area contributed by atoms with E-state index in [4.69, 9.17) is 4.55 Å². The van der Waals surface area contributed by atoms with Gasteiger partial charge in [0.25, 0.3) is 10.1 Å². The summed E-state index contributed by atoms with van der Waals surface area (Å²) in [5.41, 5.74) is 1.02. The van der Waals surface area contributed by atoms with Crippen LogP contribution < -0.4 is 0 Å². The molecule has 1 aromatic rings. The third kappa shape index (κ3) is 6.23. The van der Waals surface area contributed by atoms with Crippen molar-refractivity contribution in [2.75, 3.05) is 7.05 Å². The quantitative estimate of drug-likeness (QED) is 0.281. The van der Waals surface area contributed by atoms with Crippen LogP contribution in [0.25, 0.3) is 0 Å². The molecule has 1 aromatic carbocycles. The lowest BCUT2D eigenvalue weighted by molar-refractivity contribution is 0.482. The summed E-state index contributed by atoms with van der Waals surface area (Å²) in [6.45, 7) is 4.18. The van der Waals surface area contributed by atoms with Crippen molar-refractivity contribution in [2.24, 2.45) is 4.99 Å². The molecule has 0 amide bonds. The molecule has 7 heteroatoms. The minimum atomic E-state index is -4.15. The van der Waals surface area contributed by atoms with E-state index in [0.29, 0.717) is 0 Å². The monoisotopic (exact) mass is 450 g/mol. The highest BCUT2D eigenvalue weighted by molar-refractivity contribution is 14.1. The Morgan fingerprint density at radius 1 is 1.26 bits per heavy atom. The number of benzene rings is 1. The second-order valence-electron chi connectivity index (χ2n) is 5.24. The minimum absolute atomic E-state index is 0.0837. The number of aliphatic imine (C=N–C) groups is 1. The number of halogens is 1. The first kappa shape index (κ1) is 20.1. The van der Waals surface area contributed by atoms with Crippen molar-refractivity contribution in [1.82, 2.24) is 4.90 Å². The van der Waals surface area contributed by atoms with Gasteiger partial charge in [0.05, 0.1) is 17.3 Å². The van der Waals surface area contributed by atoms with E-state index >= 15 is 0 Å². The van der Waals surface area contributed by atoms with Gasteiger partial charge in [0, 0.05) is 19.2 Å². The van der Waals surface area contributed by atoms with Gasteiger partial charge in [-0.1, -0.05) is 48.6 Å². The summed E-state index contributed by atoms with van der Waals surface area (Å²) in [5, 5.41) is 0. The average Bonchev–Trinajstić information content (AvgIpc) is 2.51. The Kier molecular flexibility index (Phi) is 8.21. The first-order chi connectivity index (χ1) is 10.8. The third-order valence-electron chi connectivity index (χ3n) is 3.66. The summed E-state index contributed by atoms with van der Waals surface area (Å²) < 4.78 is 33.2. The summed E-state index contributed by atoms with van der Waals surface area (Å²) in [5.74, 6) is 0.198. The van der Waals surface area contributed by atoms with E-state index in [9.17, 15) is 8.42 Å². The summed E-state index contributed by atoms with van der Waals surface area (Å²) in [6, 6.07) is 6.50. The van der Waals surface area contributed by atoms with Gasteiger partial charge >= 0.3 is 0 Å². The predicted molar refractivity (Wildman–Crippen MR) is 103 cm³/mol. The molecule has 0 aliphatic rings. The summed E-state index contributed by atoms with van der Waals surface area (Å²) in [7, 11) is -2.23. The van der Waals surface area contributed by atoms with Crippen molar-refractivity contribution in [3.05, 3.63) is 40.1 Å². The molecule has 0 radical (unpaired) electrons. The van der Waals surface area contributed by atoms with Gasteiger partial charge < -0.3 is 4.90 Å². The van der Waals surface area contributed by atoms with Crippen molar-refractivity contribution in [2.45, 2.75) is 43.5 Å². The lowest BCUT2D eigenvalue weighted by Gasteiger charge is -2.23. The van der Waals surface area contributed by atoms with E-state index in [0.717, 1.165) is 18.4 Å². The SMILES string of the molecule is CCC(N=CN(C)/C=C\I)C(CC)c1ccc(S(=O)(=O)O)cc1. The van der Waals surface area contributed by atoms with Gasteiger partial charge in [-0.3, -0.25) is 9.55 Å². The molecule has 0 aliphatic heterocycles. The molecule has 1 N–H and O–H groups in total. The van der Waals surface area contributed by atoms with E-state index < -0.39 is 10.1 Å². The Hall–Kier alpha value is -0.930. The topological polar surface area (TPSA) is 70.0 Å². The number of rotatable bonds is 8.